The molecule has 1 fully saturated rings. The summed E-state index contributed by atoms with van der Waals surface area (Å²) in [5.74, 6) is 1.58. The standard InChI is InChI=1S/C21H22N2O2/c1-5-11-20-16(7-1)13-22-18-9-3-4-10-19(18)23-14-17-8-2-6-12-21(17)25-15-24-20/h1-2,5-8,11-14,18-19H,3-4,9-10,15H2/b22-13+,23-14+. The molecule has 1 saturated carbocycles. The third-order valence-electron chi connectivity index (χ3n) is 4.77. The molecule has 25 heavy (non-hydrogen) atoms. The summed E-state index contributed by atoms with van der Waals surface area (Å²) in [6, 6.07) is 16.3. The minimum absolute atomic E-state index is 0.155. The molecule has 2 aromatic carbocycles. The van der Waals surface area contributed by atoms with Crippen molar-refractivity contribution in [1.82, 2.24) is 0 Å². The molecule has 0 spiro atoms. The maximum Gasteiger partial charge on any atom is 0.230 e. The summed E-state index contributed by atoms with van der Waals surface area (Å²) >= 11 is 0. The average molecular weight is 334 g/mol. The van der Waals surface area contributed by atoms with Gasteiger partial charge in [0.1, 0.15) is 11.5 Å². The highest BCUT2D eigenvalue weighted by Crippen LogP contribution is 2.26. The lowest BCUT2D eigenvalue weighted by atomic mass is 9.91. The molecule has 0 bridgehead atoms. The van der Waals surface area contributed by atoms with E-state index in [4.69, 9.17) is 19.5 Å². The van der Waals surface area contributed by atoms with Crippen LogP contribution < -0.4 is 9.47 Å². The van der Waals surface area contributed by atoms with Gasteiger partial charge < -0.3 is 9.47 Å². The van der Waals surface area contributed by atoms with E-state index in [-0.39, 0.29) is 18.9 Å². The van der Waals surface area contributed by atoms with Crippen LogP contribution in [0.2, 0.25) is 0 Å². The van der Waals surface area contributed by atoms with Crippen LogP contribution in [0, 0.1) is 0 Å². The molecule has 2 unspecified atom stereocenters. The van der Waals surface area contributed by atoms with Gasteiger partial charge in [-0.05, 0) is 37.1 Å². The van der Waals surface area contributed by atoms with E-state index in [0.717, 1.165) is 35.5 Å². The summed E-state index contributed by atoms with van der Waals surface area (Å²) in [5.41, 5.74) is 1.96. The minimum atomic E-state index is 0.155. The molecule has 4 heteroatoms. The van der Waals surface area contributed by atoms with Crippen molar-refractivity contribution in [2.45, 2.75) is 37.8 Å². The summed E-state index contributed by atoms with van der Waals surface area (Å²) < 4.78 is 11.7. The van der Waals surface area contributed by atoms with Gasteiger partial charge in [-0.1, -0.05) is 37.1 Å². The Balaban J connectivity index is 1.71. The van der Waals surface area contributed by atoms with Gasteiger partial charge in [-0.15, -0.1) is 0 Å². The molecule has 2 atom stereocenters. The molecule has 1 aliphatic carbocycles. The molecule has 2 aromatic rings. The normalized spacial score (nSPS) is 25.3. The summed E-state index contributed by atoms with van der Waals surface area (Å²) in [7, 11) is 0. The maximum absolute atomic E-state index is 5.84. The quantitative estimate of drug-likeness (QED) is 0.722. The highest BCUT2D eigenvalue weighted by atomic mass is 16.7. The Morgan fingerprint density at radius 2 is 1.16 bits per heavy atom. The summed E-state index contributed by atoms with van der Waals surface area (Å²) in [6.07, 6.45) is 8.45. The lowest BCUT2D eigenvalue weighted by Crippen LogP contribution is -2.27. The molecule has 0 aromatic heterocycles. The smallest absolute Gasteiger partial charge is 0.230 e. The zero-order valence-corrected chi connectivity index (χ0v) is 14.2. The second-order valence-corrected chi connectivity index (χ2v) is 6.46. The van der Waals surface area contributed by atoms with E-state index < -0.39 is 0 Å². The molecule has 128 valence electrons. The maximum atomic E-state index is 5.84. The van der Waals surface area contributed by atoms with Crippen LogP contribution in [0.25, 0.3) is 0 Å². The van der Waals surface area contributed by atoms with E-state index in [0.29, 0.717) is 0 Å². The molecule has 1 heterocycles. The Morgan fingerprint density at radius 1 is 0.680 bits per heavy atom. The van der Waals surface area contributed by atoms with Gasteiger partial charge in [0.15, 0.2) is 0 Å². The molecule has 1 aliphatic heterocycles. The number of aliphatic imine (C=N–C) groups is 2. The summed E-state index contributed by atoms with van der Waals surface area (Å²) in [4.78, 5) is 9.69. The largest absolute Gasteiger partial charge is 0.457 e. The van der Waals surface area contributed by atoms with Crippen molar-refractivity contribution in [3.63, 3.8) is 0 Å². The van der Waals surface area contributed by atoms with Gasteiger partial charge in [-0.2, -0.15) is 0 Å². The van der Waals surface area contributed by atoms with E-state index in [2.05, 4.69) is 0 Å². The molecule has 0 N–H and O–H groups in total. The van der Waals surface area contributed by atoms with Gasteiger partial charge in [-0.25, -0.2) is 0 Å². The zero-order valence-electron chi connectivity index (χ0n) is 14.2. The number of benzene rings is 2. The lowest BCUT2D eigenvalue weighted by Gasteiger charge is -2.25. The zero-order chi connectivity index (χ0) is 16.9. The van der Waals surface area contributed by atoms with Crippen LogP contribution in [0.4, 0.5) is 0 Å². The lowest BCUT2D eigenvalue weighted by molar-refractivity contribution is 0.119. The van der Waals surface area contributed by atoms with Crippen LogP contribution in [0.15, 0.2) is 58.5 Å². The van der Waals surface area contributed by atoms with Crippen molar-refractivity contribution in [2.75, 3.05) is 6.79 Å². The molecular weight excluding hydrogens is 312 g/mol. The van der Waals surface area contributed by atoms with Crippen LogP contribution in [0.3, 0.4) is 0 Å². The van der Waals surface area contributed by atoms with Crippen molar-refractivity contribution in [2.24, 2.45) is 9.98 Å². The number of hydrogen-bond donors (Lipinski definition) is 0. The average Bonchev–Trinajstić information content (AvgIpc) is 2.68. The van der Waals surface area contributed by atoms with Gasteiger partial charge in [0.2, 0.25) is 6.79 Å². The first-order chi connectivity index (χ1) is 12.4. The van der Waals surface area contributed by atoms with Crippen LogP contribution in [-0.2, 0) is 0 Å². The first kappa shape index (κ1) is 15.9. The van der Waals surface area contributed by atoms with E-state index in [1.807, 2.05) is 61.0 Å². The highest BCUT2D eigenvalue weighted by Gasteiger charge is 2.23. The Morgan fingerprint density at radius 3 is 1.68 bits per heavy atom. The molecule has 0 radical (unpaired) electrons. The number of rotatable bonds is 0. The van der Waals surface area contributed by atoms with Crippen molar-refractivity contribution >= 4 is 12.4 Å². The molecule has 0 amide bonds. The van der Waals surface area contributed by atoms with Crippen molar-refractivity contribution in [3.8, 4) is 11.5 Å². The van der Waals surface area contributed by atoms with E-state index in [9.17, 15) is 0 Å². The Hall–Kier alpha value is -2.62. The summed E-state index contributed by atoms with van der Waals surface area (Å²) in [6.45, 7) is 0.155. The second kappa shape index (κ2) is 7.51. The van der Waals surface area contributed by atoms with Gasteiger partial charge >= 0.3 is 0 Å². The summed E-state index contributed by atoms with van der Waals surface area (Å²) in [5, 5.41) is 0. The van der Waals surface area contributed by atoms with Crippen molar-refractivity contribution in [1.29, 1.82) is 0 Å². The van der Waals surface area contributed by atoms with Gasteiger partial charge in [0.25, 0.3) is 0 Å². The fourth-order valence-electron chi connectivity index (χ4n) is 3.39. The predicted molar refractivity (Wildman–Crippen MR) is 100 cm³/mol. The number of nitrogens with zero attached hydrogens (tertiary/aromatic N) is 2. The fourth-order valence-corrected chi connectivity index (χ4v) is 3.39. The van der Waals surface area contributed by atoms with E-state index >= 15 is 0 Å². The van der Waals surface area contributed by atoms with E-state index in [1.165, 1.54) is 12.8 Å². The first-order valence-corrected chi connectivity index (χ1v) is 8.90. The van der Waals surface area contributed by atoms with E-state index in [1.54, 1.807) is 0 Å². The molecular formula is C21H22N2O2. The number of fused-ring (bicyclic) bond motifs is 3. The van der Waals surface area contributed by atoms with Crippen molar-refractivity contribution in [3.05, 3.63) is 59.7 Å². The number of ether oxygens (including phenoxy) is 2. The topological polar surface area (TPSA) is 43.2 Å². The second-order valence-electron chi connectivity index (χ2n) is 6.46. The Bertz CT molecular complexity index is 719. The van der Waals surface area contributed by atoms with Gasteiger partial charge in [0.05, 0.1) is 12.1 Å². The number of para-hydroxylation sites is 2. The SMILES string of the molecule is C1=N/C2CCCCC2/N=C/c2ccccc2OCOc2ccccc2/1. The number of hydrogen-bond acceptors (Lipinski definition) is 4. The Kier molecular flexibility index (Phi) is 4.77. The molecule has 4 nitrogen and oxygen atoms in total. The minimum Gasteiger partial charge on any atom is -0.457 e. The van der Waals surface area contributed by atoms with Crippen molar-refractivity contribution < 1.29 is 9.47 Å². The van der Waals surface area contributed by atoms with Crippen LogP contribution in [-0.4, -0.2) is 31.3 Å². The fraction of sp³-hybridized carbons (Fsp3) is 0.333. The molecule has 0 saturated heterocycles. The third-order valence-corrected chi connectivity index (χ3v) is 4.77. The molecule has 4 rings (SSSR count). The first-order valence-electron chi connectivity index (χ1n) is 8.90. The van der Waals surface area contributed by atoms with Crippen LogP contribution in [0.5, 0.6) is 11.5 Å². The third kappa shape index (κ3) is 3.73. The van der Waals surface area contributed by atoms with Gasteiger partial charge in [-0.3, -0.25) is 9.98 Å². The van der Waals surface area contributed by atoms with Gasteiger partial charge in [0, 0.05) is 23.6 Å². The predicted octanol–water partition coefficient (Wildman–Crippen LogP) is 4.26. The Labute approximate surface area is 148 Å². The van der Waals surface area contributed by atoms with Crippen LogP contribution in [0.1, 0.15) is 36.8 Å². The van der Waals surface area contributed by atoms with Crippen LogP contribution >= 0.6 is 0 Å². The monoisotopic (exact) mass is 334 g/mol. The molecule has 2 aliphatic rings. The highest BCUT2D eigenvalue weighted by molar-refractivity contribution is 5.84.